The van der Waals surface area contributed by atoms with Crippen LogP contribution in [-0.4, -0.2) is 7.11 Å². The lowest BCUT2D eigenvalue weighted by atomic mass is 9.92. The summed E-state index contributed by atoms with van der Waals surface area (Å²) in [5, 5.41) is 3.63. The van der Waals surface area contributed by atoms with Gasteiger partial charge in [-0.2, -0.15) is 0 Å². The molecule has 1 radical (unpaired) electrons. The number of aryl methyl sites for hydroxylation is 2. The lowest BCUT2D eigenvalue weighted by Crippen LogP contribution is -1.91. The van der Waals surface area contributed by atoms with Crippen LogP contribution in [0.2, 0.25) is 0 Å². The van der Waals surface area contributed by atoms with Gasteiger partial charge in [-0.3, -0.25) is 5.73 Å². The minimum Gasteiger partial charge on any atom is -0.493 e. The monoisotopic (exact) mass is 488 g/mol. The summed E-state index contributed by atoms with van der Waals surface area (Å²) in [5.41, 5.74) is 12.2. The Bertz CT molecular complexity index is 1160. The first-order chi connectivity index (χ1) is 12.4. The third-order valence-electron chi connectivity index (χ3n) is 4.80. The van der Waals surface area contributed by atoms with Crippen molar-refractivity contribution in [2.75, 3.05) is 7.11 Å². The largest absolute Gasteiger partial charge is 0.493 e. The van der Waals surface area contributed by atoms with Crippen molar-refractivity contribution in [3.05, 3.63) is 55.8 Å². The lowest BCUT2D eigenvalue weighted by Gasteiger charge is -2.15. The molecule has 1 heterocycles. The Morgan fingerprint density at radius 3 is 2.38 bits per heavy atom. The summed E-state index contributed by atoms with van der Waals surface area (Å²) < 4.78 is 8.55. The van der Waals surface area contributed by atoms with E-state index in [0.29, 0.717) is 11.4 Å². The van der Waals surface area contributed by atoms with Crippen LogP contribution in [0.15, 0.2) is 45.3 Å². The Balaban J connectivity index is 2.23. The average Bonchev–Trinajstić information content (AvgIpc) is 2.91. The maximum Gasteiger partial charge on any atom is 0.157 e. The van der Waals surface area contributed by atoms with E-state index in [9.17, 15) is 0 Å². The van der Waals surface area contributed by atoms with Crippen molar-refractivity contribution in [3.8, 4) is 16.9 Å². The molecular formula is C21H16Br2NOS. The second-order valence-corrected chi connectivity index (χ2v) is 9.13. The second-order valence-electron chi connectivity index (χ2n) is 6.26. The Labute approximate surface area is 173 Å². The van der Waals surface area contributed by atoms with Crippen LogP contribution < -0.4 is 10.5 Å². The number of methoxy groups -OCH3 is 1. The standard InChI is InChI=1S/C21H16Br2NOS/c1-10-11(2)26-21-17(10)18(13-6-4-5-7-14(13)19(21)23)12-8-15(22)20(25-3)16(24)9-12/h4-9,24H,1-3H3. The number of halogens is 2. The Morgan fingerprint density at radius 2 is 1.73 bits per heavy atom. The molecule has 0 bridgehead atoms. The smallest absolute Gasteiger partial charge is 0.157 e. The van der Waals surface area contributed by atoms with Gasteiger partial charge in [0, 0.05) is 14.7 Å². The van der Waals surface area contributed by atoms with Crippen LogP contribution in [0.25, 0.3) is 32.0 Å². The predicted octanol–water partition coefficient (Wildman–Crippen LogP) is 7.79. The summed E-state index contributed by atoms with van der Waals surface area (Å²) in [6, 6.07) is 12.4. The third kappa shape index (κ3) is 2.56. The molecule has 3 aromatic carbocycles. The SMILES string of the molecule is COc1c([NH])cc(-c2c3ccccc3c(Br)c3sc(C)c(C)c23)cc1Br. The summed E-state index contributed by atoms with van der Waals surface area (Å²) >= 11 is 9.22. The molecule has 0 fully saturated rings. The molecule has 26 heavy (non-hydrogen) atoms. The van der Waals surface area contributed by atoms with Gasteiger partial charge >= 0.3 is 0 Å². The van der Waals surface area contributed by atoms with Crippen LogP contribution in [0.4, 0.5) is 5.69 Å². The molecule has 0 aliphatic carbocycles. The average molecular weight is 490 g/mol. The van der Waals surface area contributed by atoms with Crippen molar-refractivity contribution in [2.24, 2.45) is 0 Å². The van der Waals surface area contributed by atoms with Crippen molar-refractivity contribution in [1.82, 2.24) is 5.73 Å². The van der Waals surface area contributed by atoms with Gasteiger partial charge in [-0.1, -0.05) is 24.3 Å². The lowest BCUT2D eigenvalue weighted by molar-refractivity contribution is 0.413. The van der Waals surface area contributed by atoms with E-state index in [1.807, 2.05) is 17.4 Å². The molecular weight excluding hydrogens is 474 g/mol. The van der Waals surface area contributed by atoms with Gasteiger partial charge in [0.15, 0.2) is 5.75 Å². The summed E-state index contributed by atoms with van der Waals surface area (Å²) in [5.74, 6) is 0.560. The minimum atomic E-state index is 0.377. The first-order valence-electron chi connectivity index (χ1n) is 8.13. The molecule has 0 saturated carbocycles. The molecule has 0 saturated heterocycles. The molecule has 0 aliphatic heterocycles. The van der Waals surface area contributed by atoms with E-state index >= 15 is 0 Å². The maximum atomic E-state index is 8.36. The number of thiophene rings is 1. The molecule has 131 valence electrons. The number of fused-ring (bicyclic) bond motifs is 2. The summed E-state index contributed by atoms with van der Waals surface area (Å²) in [7, 11) is 1.59. The van der Waals surface area contributed by atoms with E-state index in [-0.39, 0.29) is 0 Å². The summed E-state index contributed by atoms with van der Waals surface area (Å²) in [6.07, 6.45) is 0. The highest BCUT2D eigenvalue weighted by Gasteiger charge is 2.20. The van der Waals surface area contributed by atoms with E-state index in [1.54, 1.807) is 7.11 Å². The first kappa shape index (κ1) is 17.8. The molecule has 4 rings (SSSR count). The van der Waals surface area contributed by atoms with Crippen LogP contribution in [0, 0.1) is 13.8 Å². The quantitative estimate of drug-likeness (QED) is 0.283. The molecule has 2 nitrogen and oxygen atoms in total. The molecule has 4 aromatic rings. The Morgan fingerprint density at radius 1 is 1.04 bits per heavy atom. The number of ether oxygens (including phenoxy) is 1. The summed E-state index contributed by atoms with van der Waals surface area (Å²) in [4.78, 5) is 1.32. The number of hydrogen-bond donors (Lipinski definition) is 0. The molecule has 0 amide bonds. The fourth-order valence-electron chi connectivity index (χ4n) is 3.48. The van der Waals surface area contributed by atoms with Crippen LogP contribution in [0.1, 0.15) is 10.4 Å². The van der Waals surface area contributed by atoms with Crippen LogP contribution in [0.5, 0.6) is 5.75 Å². The molecule has 0 spiro atoms. The number of benzene rings is 3. The third-order valence-corrected chi connectivity index (χ3v) is 7.70. The Kier molecular flexibility index (Phi) is 4.49. The molecule has 0 unspecified atom stereocenters. The van der Waals surface area contributed by atoms with Gasteiger partial charge in [0.1, 0.15) is 0 Å². The highest BCUT2D eigenvalue weighted by Crippen LogP contribution is 2.48. The van der Waals surface area contributed by atoms with Crippen molar-refractivity contribution in [3.63, 3.8) is 0 Å². The highest BCUT2D eigenvalue weighted by atomic mass is 79.9. The molecule has 0 aliphatic rings. The van der Waals surface area contributed by atoms with Gasteiger partial charge in [0.25, 0.3) is 0 Å². The van der Waals surface area contributed by atoms with Crippen molar-refractivity contribution < 1.29 is 4.74 Å². The van der Waals surface area contributed by atoms with E-state index in [1.165, 1.54) is 36.9 Å². The van der Waals surface area contributed by atoms with Gasteiger partial charge < -0.3 is 4.74 Å². The van der Waals surface area contributed by atoms with Crippen molar-refractivity contribution in [1.29, 1.82) is 0 Å². The highest BCUT2D eigenvalue weighted by molar-refractivity contribution is 9.11. The normalized spacial score (nSPS) is 11.4. The molecule has 5 heteroatoms. The van der Waals surface area contributed by atoms with Crippen LogP contribution in [-0.2, 0) is 0 Å². The summed E-state index contributed by atoms with van der Waals surface area (Å²) in [6.45, 7) is 4.35. The van der Waals surface area contributed by atoms with E-state index in [0.717, 1.165) is 14.5 Å². The topological polar surface area (TPSA) is 33.0 Å². The van der Waals surface area contributed by atoms with Crippen LogP contribution >= 0.6 is 43.2 Å². The molecule has 1 N–H and O–H groups in total. The van der Waals surface area contributed by atoms with Gasteiger partial charge in [-0.05, 0) is 85.3 Å². The van der Waals surface area contributed by atoms with Gasteiger partial charge in [-0.15, -0.1) is 11.3 Å². The number of hydrogen-bond acceptors (Lipinski definition) is 2. The van der Waals surface area contributed by atoms with Crippen molar-refractivity contribution >= 4 is 69.7 Å². The zero-order valence-corrected chi connectivity index (χ0v) is 18.5. The van der Waals surface area contributed by atoms with Crippen molar-refractivity contribution in [2.45, 2.75) is 13.8 Å². The fraction of sp³-hybridized carbons (Fsp3) is 0.143. The maximum absolute atomic E-state index is 8.36. The molecule has 1 aromatic heterocycles. The van der Waals surface area contributed by atoms with Crippen LogP contribution in [0.3, 0.4) is 0 Å². The minimum absolute atomic E-state index is 0.377. The zero-order valence-electron chi connectivity index (χ0n) is 14.5. The van der Waals surface area contributed by atoms with Gasteiger partial charge in [-0.25, -0.2) is 0 Å². The van der Waals surface area contributed by atoms with Gasteiger partial charge in [0.05, 0.1) is 22.0 Å². The number of rotatable bonds is 2. The van der Waals surface area contributed by atoms with E-state index in [2.05, 4.69) is 76.0 Å². The Hall–Kier alpha value is -1.56. The zero-order chi connectivity index (χ0) is 18.6. The second kappa shape index (κ2) is 6.55. The van der Waals surface area contributed by atoms with Gasteiger partial charge in [0.2, 0.25) is 0 Å². The number of nitrogens with one attached hydrogen (secondary N) is 1. The fourth-order valence-corrected chi connectivity index (χ4v) is 6.00. The molecule has 0 atom stereocenters. The van der Waals surface area contributed by atoms with E-state index in [4.69, 9.17) is 10.5 Å². The first-order valence-corrected chi connectivity index (χ1v) is 10.5. The van der Waals surface area contributed by atoms with E-state index < -0.39 is 0 Å². The predicted molar refractivity (Wildman–Crippen MR) is 119 cm³/mol.